The molecule has 0 aromatic carbocycles. The molecule has 0 aliphatic carbocycles. The average molecular weight is 286 g/mol. The molecule has 0 saturated carbocycles. The Hall–Kier alpha value is -1.17. The monoisotopic (exact) mass is 286 g/mol. The van der Waals surface area contributed by atoms with Crippen molar-refractivity contribution in [3.8, 4) is 0 Å². The number of amides is 2. The van der Waals surface area contributed by atoms with Gasteiger partial charge in [-0.05, 0) is 18.8 Å². The zero-order valence-corrected chi connectivity index (χ0v) is 12.0. The van der Waals surface area contributed by atoms with Crippen LogP contribution in [0.4, 0.5) is 4.79 Å². The fourth-order valence-electron chi connectivity index (χ4n) is 2.09. The number of hydrogen-bond acceptors (Lipinski definition) is 3. The Morgan fingerprint density at radius 1 is 1.53 bits per heavy atom. The second-order valence-corrected chi connectivity index (χ2v) is 5.78. The molecule has 2 amide bonds. The number of rotatable bonds is 8. The molecule has 2 N–H and O–H groups in total. The van der Waals surface area contributed by atoms with Crippen LogP contribution >= 0.6 is 11.8 Å². The van der Waals surface area contributed by atoms with Crippen molar-refractivity contribution in [3.63, 3.8) is 0 Å². The summed E-state index contributed by atoms with van der Waals surface area (Å²) >= 11 is 1.73. The molecule has 1 rings (SSSR count). The van der Waals surface area contributed by atoms with E-state index in [-0.39, 0.29) is 12.5 Å². The molecule has 1 fully saturated rings. The Kier molecular flexibility index (Phi) is 7.40. The van der Waals surface area contributed by atoms with Crippen molar-refractivity contribution in [3.05, 3.63) is 12.7 Å². The zero-order chi connectivity index (χ0) is 14.1. The molecule has 0 radical (unpaired) electrons. The van der Waals surface area contributed by atoms with Crippen LogP contribution < -0.4 is 5.32 Å². The number of hydrogen-bond donors (Lipinski definition) is 2. The Bertz CT molecular complexity index is 323. The minimum absolute atomic E-state index is 0.0305. The quantitative estimate of drug-likeness (QED) is 0.527. The highest BCUT2D eigenvalue weighted by molar-refractivity contribution is 7.99. The van der Waals surface area contributed by atoms with Crippen LogP contribution in [0.2, 0.25) is 0 Å². The van der Waals surface area contributed by atoms with E-state index >= 15 is 0 Å². The molecular weight excluding hydrogens is 264 g/mol. The summed E-state index contributed by atoms with van der Waals surface area (Å²) in [4.78, 5) is 24.1. The van der Waals surface area contributed by atoms with Gasteiger partial charge in [0.2, 0.25) is 0 Å². The van der Waals surface area contributed by atoms with Crippen LogP contribution in [0.1, 0.15) is 19.3 Å². The molecule has 5 nitrogen and oxygen atoms in total. The summed E-state index contributed by atoms with van der Waals surface area (Å²) in [6, 6.07) is -0.0305. The first-order chi connectivity index (χ1) is 9.13. The van der Waals surface area contributed by atoms with E-state index in [2.05, 4.69) is 11.9 Å². The summed E-state index contributed by atoms with van der Waals surface area (Å²) in [6.07, 6.45) is 3.61. The fourth-order valence-corrected chi connectivity index (χ4v) is 2.67. The largest absolute Gasteiger partial charge is 0.481 e. The van der Waals surface area contributed by atoms with Crippen molar-refractivity contribution in [1.82, 2.24) is 10.2 Å². The van der Waals surface area contributed by atoms with E-state index in [0.29, 0.717) is 25.4 Å². The van der Waals surface area contributed by atoms with Gasteiger partial charge in [0.25, 0.3) is 0 Å². The molecule has 1 aliphatic rings. The maximum atomic E-state index is 11.8. The second kappa shape index (κ2) is 8.85. The highest BCUT2D eigenvalue weighted by Crippen LogP contribution is 2.20. The Morgan fingerprint density at radius 3 is 3.00 bits per heavy atom. The maximum Gasteiger partial charge on any atom is 0.317 e. The number of carboxylic acids is 1. The maximum absolute atomic E-state index is 11.8. The molecule has 0 aromatic heterocycles. The van der Waals surface area contributed by atoms with Crippen LogP contribution in [0.3, 0.4) is 0 Å². The van der Waals surface area contributed by atoms with E-state index in [1.807, 2.05) is 6.08 Å². The lowest BCUT2D eigenvalue weighted by atomic mass is 10.0. The van der Waals surface area contributed by atoms with Gasteiger partial charge in [-0.3, -0.25) is 4.79 Å². The summed E-state index contributed by atoms with van der Waals surface area (Å²) < 4.78 is 0. The first-order valence-electron chi connectivity index (χ1n) is 6.56. The molecule has 19 heavy (non-hydrogen) atoms. The predicted molar refractivity (Wildman–Crippen MR) is 77.5 cm³/mol. The van der Waals surface area contributed by atoms with Crippen LogP contribution in [0, 0.1) is 5.92 Å². The molecule has 0 spiro atoms. The van der Waals surface area contributed by atoms with Crippen molar-refractivity contribution >= 4 is 23.8 Å². The number of likely N-dealkylation sites (tertiary alicyclic amines) is 1. The minimum atomic E-state index is -0.762. The van der Waals surface area contributed by atoms with Crippen LogP contribution in [0.15, 0.2) is 12.7 Å². The second-order valence-electron chi connectivity index (χ2n) is 4.63. The molecule has 1 unspecified atom stereocenters. The van der Waals surface area contributed by atoms with Crippen molar-refractivity contribution < 1.29 is 14.7 Å². The summed E-state index contributed by atoms with van der Waals surface area (Å²) in [5.74, 6) is 1.35. The number of carboxylic acid groups (broad SMARTS) is 1. The Morgan fingerprint density at radius 2 is 2.32 bits per heavy atom. The number of nitrogens with one attached hydrogen (secondary N) is 1. The summed E-state index contributed by atoms with van der Waals surface area (Å²) in [6.45, 7) is 5.71. The first kappa shape index (κ1) is 15.9. The van der Waals surface area contributed by atoms with E-state index < -0.39 is 5.97 Å². The zero-order valence-electron chi connectivity index (χ0n) is 11.1. The number of carbonyl (C=O) groups is 2. The minimum Gasteiger partial charge on any atom is -0.481 e. The first-order valence-corrected chi connectivity index (χ1v) is 7.72. The van der Waals surface area contributed by atoms with E-state index in [1.165, 1.54) is 0 Å². The van der Waals surface area contributed by atoms with E-state index in [1.54, 1.807) is 16.7 Å². The standard InChI is InChI=1S/C13H22N2O3S/c1-2-8-19-9-6-14-13(18)15-7-5-11(10-15)3-4-12(16)17/h2,11H,1,3-10H2,(H,14,18)(H,16,17). The number of carbonyl (C=O) groups excluding carboxylic acids is 1. The third-order valence-corrected chi connectivity index (χ3v) is 4.06. The average Bonchev–Trinajstić information content (AvgIpc) is 2.84. The summed E-state index contributed by atoms with van der Waals surface area (Å²) in [5.41, 5.74) is 0. The van der Waals surface area contributed by atoms with Gasteiger partial charge >= 0.3 is 12.0 Å². The molecule has 0 bridgehead atoms. The smallest absolute Gasteiger partial charge is 0.317 e. The predicted octanol–water partition coefficient (Wildman–Crippen LogP) is 1.80. The van der Waals surface area contributed by atoms with Crippen LogP contribution in [-0.4, -0.2) is 53.1 Å². The van der Waals surface area contributed by atoms with Gasteiger partial charge in [0.1, 0.15) is 0 Å². The topological polar surface area (TPSA) is 69.6 Å². The molecule has 6 heteroatoms. The molecule has 0 aromatic rings. The molecular formula is C13H22N2O3S. The van der Waals surface area contributed by atoms with Gasteiger partial charge in [0.05, 0.1) is 0 Å². The lowest BCUT2D eigenvalue weighted by Crippen LogP contribution is -2.39. The normalized spacial score (nSPS) is 18.3. The van der Waals surface area contributed by atoms with Crippen molar-refractivity contribution in [2.24, 2.45) is 5.92 Å². The van der Waals surface area contributed by atoms with Gasteiger partial charge in [-0.2, -0.15) is 11.8 Å². The van der Waals surface area contributed by atoms with E-state index in [0.717, 1.165) is 24.5 Å². The molecule has 1 heterocycles. The van der Waals surface area contributed by atoms with Crippen molar-refractivity contribution in [2.75, 3.05) is 31.1 Å². The lowest BCUT2D eigenvalue weighted by Gasteiger charge is -2.17. The summed E-state index contributed by atoms with van der Waals surface area (Å²) in [5, 5.41) is 11.5. The third-order valence-electron chi connectivity index (χ3n) is 3.10. The molecule has 1 saturated heterocycles. The van der Waals surface area contributed by atoms with Crippen LogP contribution in [0.25, 0.3) is 0 Å². The van der Waals surface area contributed by atoms with Gasteiger partial charge < -0.3 is 15.3 Å². The Labute approximate surface area is 118 Å². The molecule has 108 valence electrons. The van der Waals surface area contributed by atoms with E-state index in [4.69, 9.17) is 5.11 Å². The number of aliphatic carboxylic acids is 1. The van der Waals surface area contributed by atoms with Gasteiger partial charge in [-0.15, -0.1) is 6.58 Å². The highest BCUT2D eigenvalue weighted by atomic mass is 32.2. The fraction of sp³-hybridized carbons (Fsp3) is 0.692. The van der Waals surface area contributed by atoms with Gasteiger partial charge in [-0.1, -0.05) is 6.08 Å². The number of thioether (sulfide) groups is 1. The third kappa shape index (κ3) is 6.52. The van der Waals surface area contributed by atoms with Crippen molar-refractivity contribution in [1.29, 1.82) is 0 Å². The highest BCUT2D eigenvalue weighted by Gasteiger charge is 2.26. The molecule has 1 aliphatic heterocycles. The van der Waals surface area contributed by atoms with Gasteiger partial charge in [-0.25, -0.2) is 4.79 Å². The van der Waals surface area contributed by atoms with Gasteiger partial charge in [0.15, 0.2) is 0 Å². The number of nitrogens with zero attached hydrogens (tertiary/aromatic N) is 1. The van der Waals surface area contributed by atoms with Crippen molar-refractivity contribution in [2.45, 2.75) is 19.3 Å². The Balaban J connectivity index is 2.13. The van der Waals surface area contributed by atoms with Gasteiger partial charge in [0, 0.05) is 37.6 Å². The number of urea groups is 1. The van der Waals surface area contributed by atoms with E-state index in [9.17, 15) is 9.59 Å². The van der Waals surface area contributed by atoms with Crippen LogP contribution in [-0.2, 0) is 4.79 Å². The van der Waals surface area contributed by atoms with Crippen LogP contribution in [0.5, 0.6) is 0 Å². The summed E-state index contributed by atoms with van der Waals surface area (Å²) in [7, 11) is 0. The SMILES string of the molecule is C=CCSCCNC(=O)N1CCC(CCC(=O)O)C1. The molecule has 1 atom stereocenters. The lowest BCUT2D eigenvalue weighted by molar-refractivity contribution is -0.137.